The first-order chi connectivity index (χ1) is 11.3. The summed E-state index contributed by atoms with van der Waals surface area (Å²) in [5.74, 6) is 1.46. The third kappa shape index (κ3) is 6.05. The molecule has 2 rings (SSSR count). The van der Waals surface area contributed by atoms with E-state index in [0.717, 1.165) is 31.8 Å². The molecule has 2 aromatic rings. The lowest BCUT2D eigenvalue weighted by Gasteiger charge is -2.24. The zero-order valence-electron chi connectivity index (χ0n) is 13.9. The van der Waals surface area contributed by atoms with Crippen molar-refractivity contribution in [2.75, 3.05) is 6.61 Å². The van der Waals surface area contributed by atoms with Gasteiger partial charge in [0.15, 0.2) is 0 Å². The van der Waals surface area contributed by atoms with Gasteiger partial charge in [-0.1, -0.05) is 49.8 Å². The molecule has 0 saturated carbocycles. The highest BCUT2D eigenvalue weighted by atomic mass is 16.5. The predicted molar refractivity (Wildman–Crippen MR) is 94.0 cm³/mol. The van der Waals surface area contributed by atoms with Gasteiger partial charge in [0, 0.05) is 12.6 Å². The first-order valence-electron chi connectivity index (χ1n) is 8.33. The van der Waals surface area contributed by atoms with Crippen molar-refractivity contribution in [2.45, 2.75) is 39.0 Å². The number of rotatable bonds is 11. The maximum atomic E-state index is 5.82. The lowest BCUT2D eigenvalue weighted by Crippen LogP contribution is -2.34. The maximum absolute atomic E-state index is 5.82. The summed E-state index contributed by atoms with van der Waals surface area (Å²) in [6.07, 6.45) is 5.81. The molecule has 124 valence electrons. The van der Waals surface area contributed by atoms with E-state index in [9.17, 15) is 0 Å². The van der Waals surface area contributed by atoms with Crippen molar-refractivity contribution in [1.82, 2.24) is 5.32 Å². The highest BCUT2D eigenvalue weighted by Crippen LogP contribution is 2.16. The standard InChI is InChI=1S/C20H27NO2/c1-3-18(12-14-22-16-17-9-6-5-7-10-17)20(4-2)21-15-19-11-8-13-23-19/h4-11,13,18,20-21H,2-3,12,14-16H2,1H3/t18-,20+/m1/s1. The van der Waals surface area contributed by atoms with Crippen molar-refractivity contribution >= 4 is 0 Å². The van der Waals surface area contributed by atoms with Gasteiger partial charge >= 0.3 is 0 Å². The molecule has 0 aliphatic rings. The second-order valence-electron chi connectivity index (χ2n) is 5.72. The Labute approximate surface area is 139 Å². The maximum Gasteiger partial charge on any atom is 0.117 e. The number of nitrogens with one attached hydrogen (secondary N) is 1. The fraction of sp³-hybridized carbons (Fsp3) is 0.400. The highest BCUT2D eigenvalue weighted by molar-refractivity contribution is 5.13. The Morgan fingerprint density at radius 1 is 1.22 bits per heavy atom. The van der Waals surface area contributed by atoms with E-state index < -0.39 is 0 Å². The molecule has 0 unspecified atom stereocenters. The molecule has 0 radical (unpaired) electrons. The average Bonchev–Trinajstić information content (AvgIpc) is 3.11. The number of hydrogen-bond donors (Lipinski definition) is 1. The van der Waals surface area contributed by atoms with Crippen LogP contribution in [-0.2, 0) is 17.9 Å². The number of furan rings is 1. The lowest BCUT2D eigenvalue weighted by molar-refractivity contribution is 0.103. The molecule has 0 aliphatic heterocycles. The molecule has 0 aliphatic carbocycles. The van der Waals surface area contributed by atoms with E-state index in [1.807, 2.05) is 36.4 Å². The van der Waals surface area contributed by atoms with Crippen molar-refractivity contribution in [2.24, 2.45) is 5.92 Å². The van der Waals surface area contributed by atoms with E-state index in [1.165, 1.54) is 5.56 Å². The van der Waals surface area contributed by atoms with Crippen molar-refractivity contribution in [1.29, 1.82) is 0 Å². The summed E-state index contributed by atoms with van der Waals surface area (Å²) in [6, 6.07) is 14.5. The Balaban J connectivity index is 1.72. The van der Waals surface area contributed by atoms with Crippen LogP contribution in [0.5, 0.6) is 0 Å². The zero-order chi connectivity index (χ0) is 16.3. The minimum absolute atomic E-state index is 0.269. The van der Waals surface area contributed by atoms with Crippen LogP contribution in [0.2, 0.25) is 0 Å². The molecule has 1 aromatic carbocycles. The average molecular weight is 313 g/mol. The monoisotopic (exact) mass is 313 g/mol. The molecule has 0 bridgehead atoms. The molecular weight excluding hydrogens is 286 g/mol. The highest BCUT2D eigenvalue weighted by Gasteiger charge is 2.16. The van der Waals surface area contributed by atoms with Crippen molar-refractivity contribution in [3.63, 3.8) is 0 Å². The first-order valence-corrected chi connectivity index (χ1v) is 8.33. The summed E-state index contributed by atoms with van der Waals surface area (Å²) >= 11 is 0. The lowest BCUT2D eigenvalue weighted by atomic mass is 9.93. The van der Waals surface area contributed by atoms with E-state index in [2.05, 4.69) is 31.0 Å². The summed E-state index contributed by atoms with van der Waals surface area (Å²) < 4.78 is 11.2. The van der Waals surface area contributed by atoms with Crippen LogP contribution in [0.4, 0.5) is 0 Å². The normalized spacial score (nSPS) is 13.6. The first kappa shape index (κ1) is 17.5. The minimum atomic E-state index is 0.269. The Morgan fingerprint density at radius 2 is 2.04 bits per heavy atom. The summed E-state index contributed by atoms with van der Waals surface area (Å²) in [5, 5.41) is 3.51. The van der Waals surface area contributed by atoms with Gasteiger partial charge in [0.1, 0.15) is 5.76 Å². The minimum Gasteiger partial charge on any atom is -0.468 e. The molecule has 1 aromatic heterocycles. The molecular formula is C20H27NO2. The molecule has 2 atom stereocenters. The molecule has 3 nitrogen and oxygen atoms in total. The molecule has 1 heterocycles. The molecule has 23 heavy (non-hydrogen) atoms. The topological polar surface area (TPSA) is 34.4 Å². The van der Waals surface area contributed by atoms with Crippen molar-refractivity contribution < 1.29 is 9.15 Å². The van der Waals surface area contributed by atoms with E-state index in [0.29, 0.717) is 12.5 Å². The Morgan fingerprint density at radius 3 is 2.70 bits per heavy atom. The van der Waals surface area contributed by atoms with Crippen molar-refractivity contribution in [3.05, 3.63) is 72.7 Å². The van der Waals surface area contributed by atoms with Gasteiger partial charge < -0.3 is 14.5 Å². The second kappa shape index (κ2) is 10.0. The quantitative estimate of drug-likeness (QED) is 0.488. The molecule has 3 heteroatoms. The van der Waals surface area contributed by atoms with Gasteiger partial charge in [-0.25, -0.2) is 0 Å². The van der Waals surface area contributed by atoms with Gasteiger partial charge in [-0.2, -0.15) is 0 Å². The van der Waals surface area contributed by atoms with E-state index in [1.54, 1.807) is 6.26 Å². The van der Waals surface area contributed by atoms with Gasteiger partial charge in [0.25, 0.3) is 0 Å². The van der Waals surface area contributed by atoms with Crippen LogP contribution in [0.25, 0.3) is 0 Å². The van der Waals surface area contributed by atoms with Crippen LogP contribution in [0, 0.1) is 5.92 Å². The smallest absolute Gasteiger partial charge is 0.117 e. The summed E-state index contributed by atoms with van der Waals surface area (Å²) in [6.45, 7) is 8.35. The Kier molecular flexibility index (Phi) is 7.64. The number of hydrogen-bond acceptors (Lipinski definition) is 3. The van der Waals surface area contributed by atoms with Crippen LogP contribution >= 0.6 is 0 Å². The molecule has 0 saturated heterocycles. The summed E-state index contributed by atoms with van der Waals surface area (Å²) in [7, 11) is 0. The SMILES string of the molecule is C=C[C@H](NCc1ccco1)[C@H](CC)CCOCc1ccccc1. The number of ether oxygens (including phenoxy) is 1. The van der Waals surface area contributed by atoms with E-state index in [-0.39, 0.29) is 6.04 Å². The fourth-order valence-electron chi connectivity index (χ4n) is 2.71. The Hall–Kier alpha value is -1.84. The van der Waals surface area contributed by atoms with Gasteiger partial charge in [-0.05, 0) is 30.0 Å². The van der Waals surface area contributed by atoms with Crippen LogP contribution in [-0.4, -0.2) is 12.6 Å². The molecule has 0 spiro atoms. The van der Waals surface area contributed by atoms with Crippen LogP contribution in [0.1, 0.15) is 31.1 Å². The Bertz CT molecular complexity index is 536. The molecule has 1 N–H and O–H groups in total. The number of benzene rings is 1. The van der Waals surface area contributed by atoms with Crippen LogP contribution in [0.3, 0.4) is 0 Å². The third-order valence-corrected chi connectivity index (χ3v) is 4.12. The van der Waals surface area contributed by atoms with E-state index in [4.69, 9.17) is 9.15 Å². The fourth-order valence-corrected chi connectivity index (χ4v) is 2.71. The van der Waals surface area contributed by atoms with E-state index >= 15 is 0 Å². The largest absolute Gasteiger partial charge is 0.468 e. The van der Waals surface area contributed by atoms with Gasteiger partial charge in [-0.15, -0.1) is 6.58 Å². The third-order valence-electron chi connectivity index (χ3n) is 4.12. The summed E-state index contributed by atoms with van der Waals surface area (Å²) in [4.78, 5) is 0. The summed E-state index contributed by atoms with van der Waals surface area (Å²) in [5.41, 5.74) is 1.22. The molecule has 0 fully saturated rings. The molecule has 0 amide bonds. The van der Waals surface area contributed by atoms with Gasteiger partial charge in [0.2, 0.25) is 0 Å². The van der Waals surface area contributed by atoms with Crippen molar-refractivity contribution in [3.8, 4) is 0 Å². The van der Waals surface area contributed by atoms with Crippen LogP contribution < -0.4 is 5.32 Å². The zero-order valence-corrected chi connectivity index (χ0v) is 13.9. The van der Waals surface area contributed by atoms with Gasteiger partial charge in [0.05, 0.1) is 19.4 Å². The van der Waals surface area contributed by atoms with Gasteiger partial charge in [-0.3, -0.25) is 0 Å². The van der Waals surface area contributed by atoms with Crippen LogP contribution in [0.15, 0.2) is 65.8 Å². The second-order valence-corrected chi connectivity index (χ2v) is 5.72. The predicted octanol–water partition coefficient (Wildman–Crippen LogP) is 4.56.